The number of carbonyl (C=O) groups excluding carboxylic acids is 1. The zero-order valence-electron chi connectivity index (χ0n) is 11.4. The van der Waals surface area contributed by atoms with Crippen LogP contribution in [0.15, 0.2) is 18.3 Å². The molecule has 1 rings (SSSR count). The first-order chi connectivity index (χ1) is 8.40. The van der Waals surface area contributed by atoms with Crippen LogP contribution in [0.5, 0.6) is 0 Å². The van der Waals surface area contributed by atoms with Crippen molar-refractivity contribution in [2.75, 3.05) is 18.9 Å². The Hall–Kier alpha value is -1.62. The Labute approximate surface area is 108 Å². The number of likely N-dealkylation sites (N-methyl/N-ethyl adjacent to an activating group) is 1. The van der Waals surface area contributed by atoms with Crippen molar-refractivity contribution in [2.24, 2.45) is 0 Å². The number of rotatable bonds is 4. The quantitative estimate of drug-likeness (QED) is 0.861. The van der Waals surface area contributed by atoms with Gasteiger partial charge in [0.25, 0.3) is 0 Å². The van der Waals surface area contributed by atoms with Crippen LogP contribution in [0.4, 0.5) is 10.6 Å². The van der Waals surface area contributed by atoms with E-state index in [0.29, 0.717) is 5.82 Å². The maximum atomic E-state index is 11.5. The Morgan fingerprint density at radius 2 is 2.11 bits per heavy atom. The topological polar surface area (TPSA) is 63.2 Å². The minimum atomic E-state index is -0.503. The molecule has 1 aromatic heterocycles. The summed E-state index contributed by atoms with van der Waals surface area (Å²) in [5.41, 5.74) is 0.621. The molecule has 0 fully saturated rings. The van der Waals surface area contributed by atoms with Gasteiger partial charge in [-0.15, -0.1) is 0 Å². The lowest BCUT2D eigenvalue weighted by Gasteiger charge is -2.19. The molecule has 0 bridgehead atoms. The fraction of sp³-hybridized carbons (Fsp3) is 0.538. The Morgan fingerprint density at radius 3 is 2.61 bits per heavy atom. The molecule has 0 saturated heterocycles. The van der Waals surface area contributed by atoms with Gasteiger partial charge in [0.05, 0.1) is 0 Å². The van der Waals surface area contributed by atoms with Gasteiger partial charge in [-0.2, -0.15) is 0 Å². The zero-order chi connectivity index (χ0) is 13.6. The highest BCUT2D eigenvalue weighted by Crippen LogP contribution is 2.10. The first kappa shape index (κ1) is 14.4. The Kier molecular flexibility index (Phi) is 5.09. The highest BCUT2D eigenvalue weighted by molar-refractivity contribution is 5.83. The molecule has 1 aromatic rings. The fourth-order valence-corrected chi connectivity index (χ4v) is 1.32. The van der Waals surface area contributed by atoms with E-state index < -0.39 is 11.7 Å². The van der Waals surface area contributed by atoms with Gasteiger partial charge in [-0.3, -0.25) is 5.32 Å². The summed E-state index contributed by atoms with van der Waals surface area (Å²) in [6.45, 7) is 6.36. The number of aromatic nitrogens is 1. The number of hydrogen-bond donors (Lipinski definition) is 2. The molecule has 1 heterocycles. The Morgan fingerprint density at radius 1 is 1.39 bits per heavy atom. The van der Waals surface area contributed by atoms with Crippen molar-refractivity contribution in [1.29, 1.82) is 0 Å². The largest absolute Gasteiger partial charge is 0.444 e. The predicted octanol–water partition coefficient (Wildman–Crippen LogP) is 2.19. The Bertz CT molecular complexity index is 382. The molecule has 0 aliphatic heterocycles. The summed E-state index contributed by atoms with van der Waals surface area (Å²) in [6, 6.07) is 3.71. The second kappa shape index (κ2) is 6.35. The SMILES string of the molecule is CNCCc1ccc(NC(=O)OC(C)(C)C)nc1. The van der Waals surface area contributed by atoms with Crippen LogP contribution in [-0.2, 0) is 11.2 Å². The molecule has 2 N–H and O–H groups in total. The predicted molar refractivity (Wildman–Crippen MR) is 71.7 cm³/mol. The van der Waals surface area contributed by atoms with E-state index in [1.165, 1.54) is 0 Å². The summed E-state index contributed by atoms with van der Waals surface area (Å²) < 4.78 is 5.14. The van der Waals surface area contributed by atoms with Crippen LogP contribution in [-0.4, -0.2) is 30.3 Å². The molecular weight excluding hydrogens is 230 g/mol. The number of nitrogens with zero attached hydrogens (tertiary/aromatic N) is 1. The van der Waals surface area contributed by atoms with Crippen molar-refractivity contribution in [2.45, 2.75) is 32.8 Å². The molecular formula is C13H21N3O2. The fourth-order valence-electron chi connectivity index (χ4n) is 1.32. The zero-order valence-corrected chi connectivity index (χ0v) is 11.4. The molecule has 0 spiro atoms. The maximum Gasteiger partial charge on any atom is 0.413 e. The number of hydrogen-bond acceptors (Lipinski definition) is 4. The van der Waals surface area contributed by atoms with Crippen molar-refractivity contribution in [3.63, 3.8) is 0 Å². The van der Waals surface area contributed by atoms with Crippen molar-refractivity contribution < 1.29 is 9.53 Å². The number of carbonyl (C=O) groups is 1. The van der Waals surface area contributed by atoms with Crippen LogP contribution in [0.2, 0.25) is 0 Å². The molecule has 0 aromatic carbocycles. The molecule has 0 aliphatic rings. The number of amides is 1. The molecule has 0 atom stereocenters. The van der Waals surface area contributed by atoms with E-state index in [9.17, 15) is 4.79 Å². The van der Waals surface area contributed by atoms with Gasteiger partial charge in [0.1, 0.15) is 11.4 Å². The number of pyridine rings is 1. The lowest BCUT2D eigenvalue weighted by atomic mass is 10.2. The van der Waals surface area contributed by atoms with E-state index in [1.807, 2.05) is 33.9 Å². The van der Waals surface area contributed by atoms with Crippen LogP contribution < -0.4 is 10.6 Å². The maximum absolute atomic E-state index is 11.5. The minimum absolute atomic E-state index is 0.488. The smallest absolute Gasteiger partial charge is 0.413 e. The van der Waals surface area contributed by atoms with E-state index in [2.05, 4.69) is 15.6 Å². The van der Waals surface area contributed by atoms with Gasteiger partial charge in [-0.1, -0.05) is 6.07 Å². The molecule has 5 heteroatoms. The third-order valence-electron chi connectivity index (χ3n) is 2.12. The number of nitrogens with one attached hydrogen (secondary N) is 2. The molecule has 0 aliphatic carbocycles. The second-order valence-electron chi connectivity index (χ2n) is 5.03. The average molecular weight is 251 g/mol. The van der Waals surface area contributed by atoms with E-state index in [4.69, 9.17) is 4.74 Å². The van der Waals surface area contributed by atoms with Crippen molar-refractivity contribution in [3.05, 3.63) is 23.9 Å². The third-order valence-corrected chi connectivity index (χ3v) is 2.12. The van der Waals surface area contributed by atoms with Crippen LogP contribution in [0, 0.1) is 0 Å². The number of ether oxygens (including phenoxy) is 1. The first-order valence-electron chi connectivity index (χ1n) is 6.00. The van der Waals surface area contributed by atoms with Gasteiger partial charge in [-0.25, -0.2) is 9.78 Å². The van der Waals surface area contributed by atoms with Gasteiger partial charge in [-0.05, 0) is 52.4 Å². The molecule has 1 amide bonds. The van der Waals surface area contributed by atoms with E-state index in [-0.39, 0.29) is 0 Å². The van der Waals surface area contributed by atoms with E-state index in [0.717, 1.165) is 18.5 Å². The lowest BCUT2D eigenvalue weighted by molar-refractivity contribution is 0.0635. The van der Waals surface area contributed by atoms with Gasteiger partial charge >= 0.3 is 6.09 Å². The monoisotopic (exact) mass is 251 g/mol. The molecule has 0 saturated carbocycles. The molecule has 0 radical (unpaired) electrons. The Balaban J connectivity index is 2.50. The molecule has 18 heavy (non-hydrogen) atoms. The summed E-state index contributed by atoms with van der Waals surface area (Å²) in [6.07, 6.45) is 2.18. The summed E-state index contributed by atoms with van der Waals surface area (Å²) in [5, 5.41) is 5.67. The van der Waals surface area contributed by atoms with Crippen molar-refractivity contribution in [3.8, 4) is 0 Å². The van der Waals surface area contributed by atoms with Crippen LogP contribution >= 0.6 is 0 Å². The number of anilines is 1. The normalized spacial score (nSPS) is 11.1. The van der Waals surface area contributed by atoms with E-state index >= 15 is 0 Å². The van der Waals surface area contributed by atoms with Gasteiger partial charge in [0.2, 0.25) is 0 Å². The molecule has 5 nitrogen and oxygen atoms in total. The third kappa shape index (κ3) is 5.63. The van der Waals surface area contributed by atoms with Crippen LogP contribution in [0.1, 0.15) is 26.3 Å². The summed E-state index contributed by atoms with van der Waals surface area (Å²) in [4.78, 5) is 15.7. The highest BCUT2D eigenvalue weighted by Gasteiger charge is 2.16. The summed E-state index contributed by atoms with van der Waals surface area (Å²) >= 11 is 0. The standard InChI is InChI=1S/C13H21N3O2/c1-13(2,3)18-12(17)16-11-6-5-10(9-15-11)7-8-14-4/h5-6,9,14H,7-8H2,1-4H3,(H,15,16,17). The van der Waals surface area contributed by atoms with Crippen LogP contribution in [0.3, 0.4) is 0 Å². The first-order valence-corrected chi connectivity index (χ1v) is 6.00. The van der Waals surface area contributed by atoms with Crippen molar-refractivity contribution >= 4 is 11.9 Å². The highest BCUT2D eigenvalue weighted by atomic mass is 16.6. The molecule has 0 unspecified atom stereocenters. The average Bonchev–Trinajstić information content (AvgIpc) is 2.25. The summed E-state index contributed by atoms with van der Waals surface area (Å²) in [7, 11) is 1.91. The molecule has 100 valence electrons. The van der Waals surface area contributed by atoms with Gasteiger partial charge in [0, 0.05) is 6.20 Å². The van der Waals surface area contributed by atoms with Gasteiger partial charge in [0.15, 0.2) is 0 Å². The summed E-state index contributed by atoms with van der Waals surface area (Å²) in [5.74, 6) is 0.498. The van der Waals surface area contributed by atoms with Gasteiger partial charge < -0.3 is 10.1 Å². The second-order valence-corrected chi connectivity index (χ2v) is 5.03. The minimum Gasteiger partial charge on any atom is -0.444 e. The lowest BCUT2D eigenvalue weighted by Crippen LogP contribution is -2.27. The van der Waals surface area contributed by atoms with E-state index in [1.54, 1.807) is 12.3 Å². The van der Waals surface area contributed by atoms with Crippen LogP contribution in [0.25, 0.3) is 0 Å². The van der Waals surface area contributed by atoms with Crippen molar-refractivity contribution in [1.82, 2.24) is 10.3 Å².